The monoisotopic (exact) mass is 404 g/mol. The third kappa shape index (κ3) is 3.33. The summed E-state index contributed by atoms with van der Waals surface area (Å²) in [6, 6.07) is 3.81. The number of thiophene rings is 1. The molecule has 1 unspecified atom stereocenters. The lowest BCUT2D eigenvalue weighted by Crippen LogP contribution is -2.40. The molecule has 3 atom stereocenters. The van der Waals surface area contributed by atoms with Crippen LogP contribution in [0.5, 0.6) is 0 Å². The predicted octanol–water partition coefficient (Wildman–Crippen LogP) is 1.68. The van der Waals surface area contributed by atoms with E-state index in [-0.39, 0.29) is 30.4 Å². The summed E-state index contributed by atoms with van der Waals surface area (Å²) >= 11 is 1.49. The van der Waals surface area contributed by atoms with Crippen molar-refractivity contribution in [1.29, 1.82) is 0 Å². The Morgan fingerprint density at radius 3 is 2.89 bits per heavy atom. The zero-order valence-corrected chi connectivity index (χ0v) is 17.0. The molecule has 2 aliphatic rings. The number of fused-ring (bicyclic) bond motifs is 1. The van der Waals surface area contributed by atoms with E-state index < -0.39 is 5.41 Å². The second-order valence-corrected chi connectivity index (χ2v) is 9.02. The van der Waals surface area contributed by atoms with Gasteiger partial charge in [0.1, 0.15) is 6.61 Å². The Morgan fingerprint density at radius 2 is 2.25 bits per heavy atom. The average Bonchev–Trinajstić information content (AvgIpc) is 3.38. The number of hydrogen-bond acceptors (Lipinski definition) is 7. The number of likely N-dealkylation sites (tertiary alicyclic amines) is 1. The van der Waals surface area contributed by atoms with E-state index in [0.29, 0.717) is 36.1 Å². The van der Waals surface area contributed by atoms with E-state index in [1.165, 1.54) is 18.4 Å². The Kier molecular flexibility index (Phi) is 4.96. The molecule has 150 valence electrons. The van der Waals surface area contributed by atoms with E-state index in [2.05, 4.69) is 15.5 Å². The van der Waals surface area contributed by atoms with Crippen LogP contribution in [0.25, 0.3) is 0 Å². The van der Waals surface area contributed by atoms with Crippen LogP contribution < -0.4 is 5.32 Å². The molecule has 2 amide bonds. The first-order valence-electron chi connectivity index (χ1n) is 9.36. The van der Waals surface area contributed by atoms with E-state index in [1.54, 1.807) is 6.92 Å². The largest absolute Gasteiger partial charge is 0.375 e. The molecule has 1 N–H and O–H groups in total. The number of nitrogens with one attached hydrogen (secondary N) is 1. The Balaban J connectivity index is 1.54. The maximum Gasteiger partial charge on any atom is 0.261 e. The minimum Gasteiger partial charge on any atom is -0.375 e. The average molecular weight is 404 g/mol. The van der Waals surface area contributed by atoms with Gasteiger partial charge in [0.25, 0.3) is 5.91 Å². The van der Waals surface area contributed by atoms with Gasteiger partial charge in [-0.05, 0) is 44.7 Å². The van der Waals surface area contributed by atoms with Gasteiger partial charge in [-0.25, -0.2) is 0 Å². The molecule has 1 saturated carbocycles. The van der Waals surface area contributed by atoms with Crippen molar-refractivity contribution in [1.82, 2.24) is 20.4 Å². The van der Waals surface area contributed by atoms with Gasteiger partial charge in [-0.1, -0.05) is 5.16 Å². The van der Waals surface area contributed by atoms with Crippen molar-refractivity contribution in [2.45, 2.75) is 38.1 Å². The van der Waals surface area contributed by atoms with Crippen LogP contribution in [-0.2, 0) is 14.9 Å². The zero-order valence-electron chi connectivity index (χ0n) is 16.2. The fraction of sp³-hybridized carbons (Fsp3) is 0.579. The summed E-state index contributed by atoms with van der Waals surface area (Å²) in [6.07, 6.45) is 1.44. The molecule has 0 radical (unpaired) electrons. The molecule has 3 heterocycles. The van der Waals surface area contributed by atoms with Gasteiger partial charge in [0, 0.05) is 31.1 Å². The molecular formula is C19H24N4O4S. The van der Waals surface area contributed by atoms with Gasteiger partial charge in [-0.15, -0.1) is 11.3 Å². The van der Waals surface area contributed by atoms with E-state index in [9.17, 15) is 9.59 Å². The minimum absolute atomic E-state index is 0.00629. The van der Waals surface area contributed by atoms with Crippen LogP contribution in [0.2, 0.25) is 0 Å². The molecule has 0 bridgehead atoms. The molecule has 28 heavy (non-hydrogen) atoms. The zero-order chi connectivity index (χ0) is 19.9. The fourth-order valence-electron chi connectivity index (χ4n) is 4.53. The first kappa shape index (κ1) is 19.1. The van der Waals surface area contributed by atoms with Crippen molar-refractivity contribution in [2.75, 3.05) is 26.8 Å². The summed E-state index contributed by atoms with van der Waals surface area (Å²) < 4.78 is 10.5. The third-order valence-corrected chi connectivity index (χ3v) is 6.75. The van der Waals surface area contributed by atoms with Gasteiger partial charge in [0.15, 0.2) is 5.82 Å². The Bertz CT molecular complexity index is 894. The van der Waals surface area contributed by atoms with Gasteiger partial charge >= 0.3 is 0 Å². The summed E-state index contributed by atoms with van der Waals surface area (Å²) in [5.41, 5.74) is -0.423. The molecule has 1 saturated heterocycles. The predicted molar refractivity (Wildman–Crippen MR) is 102 cm³/mol. The Morgan fingerprint density at radius 1 is 1.43 bits per heavy atom. The van der Waals surface area contributed by atoms with Crippen LogP contribution >= 0.6 is 11.3 Å². The second-order valence-electron chi connectivity index (χ2n) is 7.73. The summed E-state index contributed by atoms with van der Waals surface area (Å²) in [5, 5.41) is 7.12. The summed E-state index contributed by atoms with van der Waals surface area (Å²) in [6.45, 7) is 4.94. The molecular weight excluding hydrogens is 380 g/mol. The summed E-state index contributed by atoms with van der Waals surface area (Å²) in [5.74, 6) is 1.20. The number of aryl methyl sites for hydroxylation is 2. The normalized spacial score (nSPS) is 26.5. The fourth-order valence-corrected chi connectivity index (χ4v) is 5.30. The maximum absolute atomic E-state index is 12.6. The molecule has 1 aliphatic carbocycles. The Labute approximate surface area is 167 Å². The van der Waals surface area contributed by atoms with Crippen molar-refractivity contribution in [3.8, 4) is 0 Å². The number of carbonyl (C=O) groups excluding carboxylic acids is 2. The van der Waals surface area contributed by atoms with Crippen molar-refractivity contribution in [2.24, 2.45) is 5.92 Å². The van der Waals surface area contributed by atoms with Gasteiger partial charge in [0.05, 0.1) is 10.3 Å². The molecule has 0 spiro atoms. The molecule has 4 rings (SSSR count). The van der Waals surface area contributed by atoms with Crippen LogP contribution in [0.15, 0.2) is 16.7 Å². The summed E-state index contributed by atoms with van der Waals surface area (Å²) in [4.78, 5) is 33.1. The number of aromatic nitrogens is 2. The SMILES string of the molecule is COCC(=O)N1CC2C[C@@H](NC(=O)c3ccc(C)s3)C[C@]2(c2nc(C)no2)C1. The highest BCUT2D eigenvalue weighted by Gasteiger charge is 2.58. The van der Waals surface area contributed by atoms with Crippen LogP contribution in [0.1, 0.15) is 39.1 Å². The Hall–Kier alpha value is -2.26. The molecule has 0 aromatic carbocycles. The highest BCUT2D eigenvalue weighted by molar-refractivity contribution is 7.13. The molecule has 2 fully saturated rings. The lowest BCUT2D eigenvalue weighted by molar-refractivity contribution is -0.134. The van der Waals surface area contributed by atoms with E-state index in [0.717, 1.165) is 11.3 Å². The minimum atomic E-state index is -0.423. The smallest absolute Gasteiger partial charge is 0.261 e. The van der Waals surface area contributed by atoms with Gasteiger partial charge in [-0.3, -0.25) is 9.59 Å². The molecule has 9 heteroatoms. The third-order valence-electron chi connectivity index (χ3n) is 5.75. The maximum atomic E-state index is 12.6. The quantitative estimate of drug-likeness (QED) is 0.814. The molecule has 2 aromatic heterocycles. The van der Waals surface area contributed by atoms with Crippen LogP contribution in [0, 0.1) is 19.8 Å². The van der Waals surface area contributed by atoms with Crippen LogP contribution in [0.4, 0.5) is 0 Å². The summed E-state index contributed by atoms with van der Waals surface area (Å²) in [7, 11) is 1.52. The van der Waals surface area contributed by atoms with Gasteiger partial charge < -0.3 is 19.5 Å². The van der Waals surface area contributed by atoms with E-state index in [1.807, 2.05) is 24.0 Å². The first-order valence-corrected chi connectivity index (χ1v) is 10.2. The molecule has 2 aromatic rings. The number of hydrogen-bond donors (Lipinski definition) is 1. The van der Waals surface area contributed by atoms with Gasteiger partial charge in [0.2, 0.25) is 11.8 Å². The van der Waals surface area contributed by atoms with Gasteiger partial charge in [-0.2, -0.15) is 4.98 Å². The number of methoxy groups -OCH3 is 1. The van der Waals surface area contributed by atoms with Crippen molar-refractivity contribution in [3.63, 3.8) is 0 Å². The number of rotatable bonds is 5. The second kappa shape index (κ2) is 7.29. The van der Waals surface area contributed by atoms with Crippen molar-refractivity contribution < 1.29 is 18.8 Å². The molecule has 8 nitrogen and oxygen atoms in total. The van der Waals surface area contributed by atoms with Crippen molar-refractivity contribution >= 4 is 23.2 Å². The van der Waals surface area contributed by atoms with Crippen molar-refractivity contribution in [3.05, 3.63) is 33.6 Å². The highest BCUT2D eigenvalue weighted by atomic mass is 32.1. The number of carbonyl (C=O) groups is 2. The highest BCUT2D eigenvalue weighted by Crippen LogP contribution is 2.50. The number of amides is 2. The van der Waals surface area contributed by atoms with Crippen LogP contribution in [0.3, 0.4) is 0 Å². The van der Waals surface area contributed by atoms with E-state index >= 15 is 0 Å². The van der Waals surface area contributed by atoms with E-state index in [4.69, 9.17) is 9.26 Å². The first-order chi connectivity index (χ1) is 13.4. The number of ether oxygens (including phenoxy) is 1. The lowest BCUT2D eigenvalue weighted by atomic mass is 9.80. The lowest BCUT2D eigenvalue weighted by Gasteiger charge is -2.25. The number of nitrogens with zero attached hydrogens (tertiary/aromatic N) is 3. The topological polar surface area (TPSA) is 97.6 Å². The van der Waals surface area contributed by atoms with Crippen LogP contribution in [-0.4, -0.2) is 59.7 Å². The molecule has 1 aliphatic heterocycles. The standard InChI is InChI=1S/C19H24N4O4S/c1-11-4-5-15(28-11)17(25)21-14-6-13-8-23(16(24)9-26-3)10-19(13,7-14)18-20-12(2)22-27-18/h4-5,13-14H,6-10H2,1-3H3,(H,21,25)/t13?,14-,19+/m1/s1.